The number of rotatable bonds is 5. The van der Waals surface area contributed by atoms with E-state index in [4.69, 9.17) is 21.1 Å². The Bertz CT molecular complexity index is 2420. The second kappa shape index (κ2) is 12.9. The van der Waals surface area contributed by atoms with Gasteiger partial charge in [0.25, 0.3) is 11.5 Å². The minimum Gasteiger partial charge on any atom is -0.505 e. The average molecular weight is 751 g/mol. The summed E-state index contributed by atoms with van der Waals surface area (Å²) in [6.07, 6.45) is 0.461. The summed E-state index contributed by atoms with van der Waals surface area (Å²) in [5.74, 6) is -1.07. The maximum atomic E-state index is 14.4. The molecule has 4 aromatic heterocycles. The second-order valence-corrected chi connectivity index (χ2v) is 13.5. The van der Waals surface area contributed by atoms with Gasteiger partial charge in [-0.25, -0.2) is 4.98 Å². The van der Waals surface area contributed by atoms with E-state index in [9.17, 15) is 32.7 Å². The average Bonchev–Trinajstić information content (AvgIpc) is 3.71. The number of aromatic hydroxyl groups is 1. The number of nitrogens with zero attached hydrogens (tertiary/aromatic N) is 7. The van der Waals surface area contributed by atoms with E-state index in [-0.39, 0.29) is 65.3 Å². The highest BCUT2D eigenvalue weighted by atomic mass is 35.5. The number of piperidine rings is 1. The lowest BCUT2D eigenvalue weighted by Gasteiger charge is -2.39. The molecule has 7 heterocycles. The normalized spacial score (nSPS) is 18.4. The standard InChI is InChI=1S/C35H30ClF3N8O6/c1-18-29-27(34(53-18)7-10-45(11-8-34)32(51)28-25(48)14-20-16-40-9-4-23(20)42-28)31(50)47-33(43-30(44-47)19-5-12-52-13-6-19)46(29)17-26(49)41-24-3-2-21(15-22(24)36)35(37,38)39/h2-5,9,14-16,18,48H,6-8,10-13,17H2,1H3,(H,41,49)/t18-/m1/s1. The van der Waals surface area contributed by atoms with Gasteiger partial charge in [0.15, 0.2) is 11.5 Å². The zero-order valence-corrected chi connectivity index (χ0v) is 28.7. The van der Waals surface area contributed by atoms with E-state index >= 15 is 0 Å². The van der Waals surface area contributed by atoms with Gasteiger partial charge in [0, 0.05) is 30.9 Å². The minimum absolute atomic E-state index is 0.0330. The molecular weight excluding hydrogens is 721 g/mol. The van der Waals surface area contributed by atoms with Gasteiger partial charge in [0.1, 0.15) is 17.9 Å². The summed E-state index contributed by atoms with van der Waals surface area (Å²) in [6, 6.07) is 5.69. The summed E-state index contributed by atoms with van der Waals surface area (Å²) in [7, 11) is 0. The molecule has 2 amide bonds. The smallest absolute Gasteiger partial charge is 0.416 e. The molecule has 0 aliphatic carbocycles. The van der Waals surface area contributed by atoms with E-state index < -0.39 is 47.4 Å². The van der Waals surface area contributed by atoms with Gasteiger partial charge in [0.05, 0.1) is 52.4 Å². The number of pyridine rings is 2. The Balaban J connectivity index is 1.15. The molecule has 3 aliphatic heterocycles. The number of fused-ring (bicyclic) bond motifs is 4. The third-order valence-corrected chi connectivity index (χ3v) is 10.1. The molecule has 8 rings (SSSR count). The maximum Gasteiger partial charge on any atom is 0.416 e. The maximum absolute atomic E-state index is 14.4. The number of hydrogen-bond donors (Lipinski definition) is 2. The summed E-state index contributed by atoms with van der Waals surface area (Å²) in [5, 5.41) is 18.1. The first-order valence-electron chi connectivity index (χ1n) is 16.7. The molecule has 18 heteroatoms. The lowest BCUT2D eigenvalue weighted by Crippen LogP contribution is -2.47. The first-order chi connectivity index (χ1) is 25.3. The van der Waals surface area contributed by atoms with E-state index in [0.717, 1.165) is 28.3 Å². The lowest BCUT2D eigenvalue weighted by atomic mass is 9.85. The Kier molecular flexibility index (Phi) is 8.46. The van der Waals surface area contributed by atoms with Crippen LogP contribution in [0.15, 0.2) is 53.6 Å². The molecular formula is C35H30ClF3N8O6. The molecule has 0 saturated carbocycles. The summed E-state index contributed by atoms with van der Waals surface area (Å²) >= 11 is 6.14. The van der Waals surface area contributed by atoms with Gasteiger partial charge in [-0.2, -0.15) is 22.7 Å². The Morgan fingerprint density at radius 3 is 2.66 bits per heavy atom. The van der Waals surface area contributed by atoms with Crippen LogP contribution in [0.2, 0.25) is 5.02 Å². The monoisotopic (exact) mass is 750 g/mol. The lowest BCUT2D eigenvalue weighted by molar-refractivity contribution is -0.137. The zero-order chi connectivity index (χ0) is 37.2. The molecule has 1 spiro atoms. The number of ether oxygens (including phenoxy) is 2. The summed E-state index contributed by atoms with van der Waals surface area (Å²) in [4.78, 5) is 56.2. The third kappa shape index (κ3) is 6.07. The number of carbonyl (C=O) groups excluding carboxylic acids is 2. The fraction of sp³-hybridized carbons (Fsp3) is 0.343. The van der Waals surface area contributed by atoms with Crippen LogP contribution in [-0.4, -0.2) is 77.3 Å². The molecule has 0 bridgehead atoms. The molecule has 3 aliphatic rings. The SMILES string of the molecule is C[C@H]1OC2(CCN(C(=O)c3nc4ccncc4cc3O)CC2)c2c1n(CC(=O)Nc1ccc(C(F)(F)F)cc1Cl)c1nc(C3=CCOCC3)nn1c2=O. The Morgan fingerprint density at radius 1 is 1.15 bits per heavy atom. The van der Waals surface area contributed by atoms with E-state index in [1.807, 2.05) is 6.08 Å². The molecule has 1 atom stereocenters. The van der Waals surface area contributed by atoms with Crippen LogP contribution in [0.1, 0.15) is 65.4 Å². The van der Waals surface area contributed by atoms with Crippen molar-refractivity contribution in [3.05, 3.63) is 92.5 Å². The molecule has 1 saturated heterocycles. The number of aromatic nitrogens is 6. The second-order valence-electron chi connectivity index (χ2n) is 13.1. The molecule has 2 N–H and O–H groups in total. The molecule has 0 unspecified atom stereocenters. The first kappa shape index (κ1) is 34.7. The quantitative estimate of drug-likeness (QED) is 0.253. The van der Waals surface area contributed by atoms with Crippen LogP contribution in [0.3, 0.4) is 0 Å². The highest BCUT2D eigenvalue weighted by molar-refractivity contribution is 6.33. The first-order valence-corrected chi connectivity index (χ1v) is 17.1. The van der Waals surface area contributed by atoms with Crippen molar-refractivity contribution in [2.24, 2.45) is 0 Å². The molecule has 5 aromatic rings. The van der Waals surface area contributed by atoms with Crippen LogP contribution < -0.4 is 10.9 Å². The molecule has 14 nitrogen and oxygen atoms in total. The topological polar surface area (TPSA) is 166 Å². The number of anilines is 1. The number of halogens is 4. The summed E-state index contributed by atoms with van der Waals surface area (Å²) in [5.41, 5.74) is -0.855. The van der Waals surface area contributed by atoms with Crippen LogP contribution >= 0.6 is 11.6 Å². The van der Waals surface area contributed by atoms with Gasteiger partial charge in [-0.15, -0.1) is 5.10 Å². The van der Waals surface area contributed by atoms with Gasteiger partial charge < -0.3 is 29.4 Å². The van der Waals surface area contributed by atoms with E-state index in [1.165, 1.54) is 27.9 Å². The van der Waals surface area contributed by atoms with Crippen molar-refractivity contribution < 1.29 is 37.3 Å². The van der Waals surface area contributed by atoms with Gasteiger partial charge in [-0.1, -0.05) is 17.7 Å². The number of carbonyl (C=O) groups is 2. The van der Waals surface area contributed by atoms with Crippen molar-refractivity contribution in [1.29, 1.82) is 0 Å². The molecule has 1 fully saturated rings. The van der Waals surface area contributed by atoms with Crippen molar-refractivity contribution in [3.63, 3.8) is 0 Å². The predicted molar refractivity (Wildman–Crippen MR) is 183 cm³/mol. The van der Waals surface area contributed by atoms with E-state index in [2.05, 4.69) is 25.4 Å². The fourth-order valence-electron chi connectivity index (χ4n) is 7.28. The van der Waals surface area contributed by atoms with Crippen LogP contribution in [0.5, 0.6) is 5.75 Å². The number of likely N-dealkylation sites (tertiary alicyclic amines) is 1. The third-order valence-electron chi connectivity index (χ3n) is 9.81. The van der Waals surface area contributed by atoms with E-state index in [1.54, 1.807) is 13.0 Å². The number of hydrogen-bond acceptors (Lipinski definition) is 10. The Hall–Kier alpha value is -5.39. The van der Waals surface area contributed by atoms with Gasteiger partial charge in [0.2, 0.25) is 11.7 Å². The van der Waals surface area contributed by atoms with Crippen LogP contribution in [0.25, 0.3) is 22.3 Å². The fourth-order valence-corrected chi connectivity index (χ4v) is 7.50. The van der Waals surface area contributed by atoms with Crippen LogP contribution in [-0.2, 0) is 32.6 Å². The number of nitrogens with one attached hydrogen (secondary N) is 1. The zero-order valence-electron chi connectivity index (χ0n) is 28.0. The molecule has 1 aromatic carbocycles. The van der Waals surface area contributed by atoms with E-state index in [0.29, 0.717) is 36.2 Å². The number of amides is 2. The number of alkyl halides is 3. The van der Waals surface area contributed by atoms with Crippen molar-refractivity contribution in [2.45, 2.75) is 50.6 Å². The van der Waals surface area contributed by atoms with Crippen LogP contribution in [0.4, 0.5) is 18.9 Å². The Labute approximate surface area is 302 Å². The highest BCUT2D eigenvalue weighted by Crippen LogP contribution is 2.48. The largest absolute Gasteiger partial charge is 0.505 e. The minimum atomic E-state index is -4.62. The summed E-state index contributed by atoms with van der Waals surface area (Å²) < 4.78 is 54.4. The molecule has 53 heavy (non-hydrogen) atoms. The van der Waals surface area contributed by atoms with Crippen molar-refractivity contribution >= 4 is 51.4 Å². The van der Waals surface area contributed by atoms with Gasteiger partial charge in [-0.3, -0.25) is 19.4 Å². The van der Waals surface area contributed by atoms with Crippen molar-refractivity contribution in [2.75, 3.05) is 31.6 Å². The predicted octanol–water partition coefficient (Wildman–Crippen LogP) is 4.88. The van der Waals surface area contributed by atoms with Gasteiger partial charge in [-0.05, 0) is 62.1 Å². The molecule has 274 valence electrons. The van der Waals surface area contributed by atoms with Crippen LogP contribution in [0, 0.1) is 0 Å². The van der Waals surface area contributed by atoms with Crippen molar-refractivity contribution in [1.82, 2.24) is 34.0 Å². The Morgan fingerprint density at radius 2 is 1.94 bits per heavy atom. The highest BCUT2D eigenvalue weighted by Gasteiger charge is 2.50. The van der Waals surface area contributed by atoms with Gasteiger partial charge >= 0.3 is 6.18 Å². The number of benzene rings is 1. The summed E-state index contributed by atoms with van der Waals surface area (Å²) in [6.45, 7) is 2.41. The van der Waals surface area contributed by atoms with Crippen molar-refractivity contribution in [3.8, 4) is 5.75 Å². The molecule has 0 radical (unpaired) electrons.